The molecule has 25 heavy (non-hydrogen) atoms. The van der Waals surface area contributed by atoms with Gasteiger partial charge in [-0.3, -0.25) is 14.2 Å². The number of hydrogen-bond donors (Lipinski definition) is 0. The third-order valence-corrected chi connectivity index (χ3v) is 3.91. The predicted octanol–water partition coefficient (Wildman–Crippen LogP) is 1.73. The van der Waals surface area contributed by atoms with Crippen LogP contribution in [0.5, 0.6) is 0 Å². The van der Waals surface area contributed by atoms with Crippen molar-refractivity contribution in [2.75, 3.05) is 20.2 Å². The first-order chi connectivity index (χ1) is 11.9. The summed E-state index contributed by atoms with van der Waals surface area (Å²) in [5, 5.41) is 0.0439. The molecule has 0 N–H and O–H groups in total. The number of nitrogens with zero attached hydrogens (tertiary/aromatic N) is 3. The normalized spacial score (nSPS) is 10.9. The molecule has 0 fully saturated rings. The lowest BCUT2D eigenvalue weighted by atomic mass is 10.2. The topological polar surface area (TPSA) is 94.6 Å². The number of carbonyl (C=O) groups is 2. The van der Waals surface area contributed by atoms with E-state index in [0.29, 0.717) is 6.54 Å². The molecule has 2 heterocycles. The summed E-state index contributed by atoms with van der Waals surface area (Å²) >= 11 is 0. The summed E-state index contributed by atoms with van der Waals surface area (Å²) in [6.45, 7) is 5.95. The average Bonchev–Trinajstić information content (AvgIpc) is 2.92. The molecule has 0 aromatic carbocycles. The summed E-state index contributed by atoms with van der Waals surface area (Å²) < 4.78 is 11.6. The molecule has 0 radical (unpaired) electrons. The Kier molecular flexibility index (Phi) is 5.95. The van der Waals surface area contributed by atoms with Crippen LogP contribution in [0.3, 0.4) is 0 Å². The van der Waals surface area contributed by atoms with Crippen LogP contribution >= 0.6 is 0 Å². The standard InChI is InChI=1S/C17H23N3O5/c1-5-7-8-19(4)12(21)9-20-10-18-15-14(16(20)22)13(11(3)25-15)17(23)24-6-2/h10H,5-9H2,1-4H3. The van der Waals surface area contributed by atoms with Gasteiger partial charge < -0.3 is 14.1 Å². The zero-order valence-electron chi connectivity index (χ0n) is 15.0. The molecule has 0 saturated carbocycles. The molecule has 0 saturated heterocycles. The first-order valence-corrected chi connectivity index (χ1v) is 8.30. The van der Waals surface area contributed by atoms with Gasteiger partial charge in [-0.1, -0.05) is 13.3 Å². The highest BCUT2D eigenvalue weighted by Crippen LogP contribution is 2.21. The zero-order valence-corrected chi connectivity index (χ0v) is 15.0. The number of unbranched alkanes of at least 4 members (excludes halogenated alkanes) is 1. The Hall–Kier alpha value is -2.64. The number of fused-ring (bicyclic) bond motifs is 1. The molecule has 0 aliphatic carbocycles. The van der Waals surface area contributed by atoms with E-state index in [1.807, 2.05) is 6.92 Å². The monoisotopic (exact) mass is 349 g/mol. The molecule has 0 atom stereocenters. The smallest absolute Gasteiger partial charge is 0.342 e. The van der Waals surface area contributed by atoms with Crippen LogP contribution < -0.4 is 5.56 Å². The van der Waals surface area contributed by atoms with E-state index in [1.54, 1.807) is 25.8 Å². The molecule has 136 valence electrons. The van der Waals surface area contributed by atoms with Gasteiger partial charge in [-0.2, -0.15) is 0 Å². The molecular weight excluding hydrogens is 326 g/mol. The van der Waals surface area contributed by atoms with Crippen LogP contribution in [0.15, 0.2) is 15.5 Å². The number of esters is 1. The van der Waals surface area contributed by atoms with Crippen molar-refractivity contribution in [3.8, 4) is 0 Å². The number of hydrogen-bond acceptors (Lipinski definition) is 6. The summed E-state index contributed by atoms with van der Waals surface area (Å²) in [5.41, 5.74) is -0.369. The van der Waals surface area contributed by atoms with Crippen LogP contribution in [0, 0.1) is 6.92 Å². The first-order valence-electron chi connectivity index (χ1n) is 8.30. The second-order valence-electron chi connectivity index (χ2n) is 5.78. The van der Waals surface area contributed by atoms with Gasteiger partial charge in [0.2, 0.25) is 11.6 Å². The van der Waals surface area contributed by atoms with Crippen molar-refractivity contribution in [3.63, 3.8) is 0 Å². The minimum Gasteiger partial charge on any atom is -0.462 e. The van der Waals surface area contributed by atoms with Crippen LogP contribution in [0.4, 0.5) is 0 Å². The molecule has 0 aliphatic rings. The second-order valence-corrected chi connectivity index (χ2v) is 5.78. The van der Waals surface area contributed by atoms with Crippen LogP contribution in [-0.4, -0.2) is 46.5 Å². The van der Waals surface area contributed by atoms with Gasteiger partial charge >= 0.3 is 5.97 Å². The van der Waals surface area contributed by atoms with E-state index in [9.17, 15) is 14.4 Å². The number of likely N-dealkylation sites (N-methyl/N-ethyl adjacent to an activating group) is 1. The lowest BCUT2D eigenvalue weighted by molar-refractivity contribution is -0.130. The molecule has 0 bridgehead atoms. The van der Waals surface area contributed by atoms with E-state index >= 15 is 0 Å². The van der Waals surface area contributed by atoms with Gasteiger partial charge in [0.1, 0.15) is 29.6 Å². The fourth-order valence-corrected chi connectivity index (χ4v) is 2.49. The van der Waals surface area contributed by atoms with E-state index in [4.69, 9.17) is 9.15 Å². The number of aromatic nitrogens is 2. The number of rotatable bonds is 7. The number of amides is 1. The fourth-order valence-electron chi connectivity index (χ4n) is 2.49. The van der Waals surface area contributed by atoms with Crippen molar-refractivity contribution >= 4 is 23.0 Å². The van der Waals surface area contributed by atoms with Crippen molar-refractivity contribution in [3.05, 3.63) is 28.0 Å². The number of aryl methyl sites for hydroxylation is 1. The van der Waals surface area contributed by atoms with Crippen LogP contribution in [0.1, 0.15) is 42.8 Å². The molecule has 0 unspecified atom stereocenters. The molecule has 0 aliphatic heterocycles. The highest BCUT2D eigenvalue weighted by atomic mass is 16.5. The Morgan fingerprint density at radius 1 is 1.36 bits per heavy atom. The van der Waals surface area contributed by atoms with Gasteiger partial charge in [0.05, 0.1) is 6.61 Å². The SMILES string of the molecule is CCCCN(C)C(=O)Cn1cnc2oc(C)c(C(=O)OCC)c2c1=O. The van der Waals surface area contributed by atoms with Crippen molar-refractivity contribution in [2.45, 2.75) is 40.2 Å². The van der Waals surface area contributed by atoms with Crippen molar-refractivity contribution in [1.29, 1.82) is 0 Å². The van der Waals surface area contributed by atoms with Crippen LogP contribution in [0.2, 0.25) is 0 Å². The summed E-state index contributed by atoms with van der Waals surface area (Å²) in [4.78, 5) is 42.7. The first kappa shape index (κ1) is 18.7. The largest absolute Gasteiger partial charge is 0.462 e. The lowest BCUT2D eigenvalue weighted by Crippen LogP contribution is -2.34. The average molecular weight is 349 g/mol. The van der Waals surface area contributed by atoms with Crippen molar-refractivity contribution in [1.82, 2.24) is 14.5 Å². The van der Waals surface area contributed by atoms with Gasteiger partial charge in [-0.05, 0) is 20.3 Å². The fraction of sp³-hybridized carbons (Fsp3) is 0.529. The highest BCUT2D eigenvalue weighted by Gasteiger charge is 2.24. The van der Waals surface area contributed by atoms with Gasteiger partial charge in [-0.25, -0.2) is 9.78 Å². The van der Waals surface area contributed by atoms with Crippen molar-refractivity contribution < 1.29 is 18.7 Å². The third-order valence-electron chi connectivity index (χ3n) is 3.91. The minimum absolute atomic E-state index is 0.0439. The Bertz CT molecular complexity index is 837. The van der Waals surface area contributed by atoms with Gasteiger partial charge in [0, 0.05) is 13.6 Å². The van der Waals surface area contributed by atoms with Crippen molar-refractivity contribution in [2.24, 2.45) is 0 Å². The van der Waals surface area contributed by atoms with E-state index in [-0.39, 0.29) is 41.5 Å². The maximum Gasteiger partial charge on any atom is 0.342 e. The molecule has 8 heteroatoms. The maximum atomic E-state index is 12.7. The Balaban J connectivity index is 2.39. The van der Waals surface area contributed by atoms with E-state index in [1.165, 1.54) is 10.9 Å². The zero-order chi connectivity index (χ0) is 18.6. The van der Waals surface area contributed by atoms with Crippen LogP contribution in [0.25, 0.3) is 11.1 Å². The molecule has 0 spiro atoms. The Morgan fingerprint density at radius 3 is 2.72 bits per heavy atom. The van der Waals surface area contributed by atoms with Gasteiger partial charge in [-0.15, -0.1) is 0 Å². The third kappa shape index (κ3) is 3.89. The number of ether oxygens (including phenoxy) is 1. The second kappa shape index (κ2) is 7.96. The lowest BCUT2D eigenvalue weighted by Gasteiger charge is -2.17. The maximum absolute atomic E-state index is 12.7. The van der Waals surface area contributed by atoms with Gasteiger partial charge in [0.25, 0.3) is 5.56 Å². The van der Waals surface area contributed by atoms with Gasteiger partial charge in [0.15, 0.2) is 0 Å². The molecule has 8 nitrogen and oxygen atoms in total. The molecule has 2 aromatic heterocycles. The van der Waals surface area contributed by atoms with E-state index in [0.717, 1.165) is 12.8 Å². The predicted molar refractivity (Wildman–Crippen MR) is 91.5 cm³/mol. The van der Waals surface area contributed by atoms with Crippen LogP contribution in [-0.2, 0) is 16.1 Å². The Labute approximate surface area is 145 Å². The molecule has 1 amide bonds. The summed E-state index contributed by atoms with van der Waals surface area (Å²) in [6.07, 6.45) is 3.12. The molecule has 2 aromatic rings. The van der Waals surface area contributed by atoms with E-state index in [2.05, 4.69) is 4.98 Å². The number of carbonyl (C=O) groups excluding carboxylic acids is 2. The molecular formula is C17H23N3O5. The number of furan rings is 1. The van der Waals surface area contributed by atoms with E-state index < -0.39 is 11.5 Å². The summed E-state index contributed by atoms with van der Waals surface area (Å²) in [7, 11) is 1.70. The minimum atomic E-state index is -0.637. The quantitative estimate of drug-likeness (QED) is 0.707. The summed E-state index contributed by atoms with van der Waals surface area (Å²) in [5.74, 6) is -0.571. The highest BCUT2D eigenvalue weighted by molar-refractivity contribution is 6.03. The Morgan fingerprint density at radius 2 is 2.08 bits per heavy atom. The summed E-state index contributed by atoms with van der Waals surface area (Å²) in [6, 6.07) is 0. The molecule has 2 rings (SSSR count).